The van der Waals surface area contributed by atoms with E-state index < -0.39 is 15.6 Å². The lowest BCUT2D eigenvalue weighted by molar-refractivity contribution is -0.130. The van der Waals surface area contributed by atoms with Crippen molar-refractivity contribution in [3.63, 3.8) is 0 Å². The van der Waals surface area contributed by atoms with Gasteiger partial charge in [0.15, 0.2) is 16.4 Å². The Morgan fingerprint density at radius 2 is 1.83 bits per heavy atom. The van der Waals surface area contributed by atoms with Crippen LogP contribution in [-0.4, -0.2) is 68.9 Å². The lowest BCUT2D eigenvalue weighted by Crippen LogP contribution is -2.28. The Morgan fingerprint density at radius 1 is 1.20 bits per heavy atom. The number of aryl methyl sites for hydroxylation is 2. The van der Waals surface area contributed by atoms with E-state index in [-0.39, 0.29) is 40.2 Å². The van der Waals surface area contributed by atoms with Crippen molar-refractivity contribution in [3.05, 3.63) is 34.5 Å². The molecule has 2 aromatic rings. The highest BCUT2D eigenvalue weighted by Crippen LogP contribution is 2.35. The highest BCUT2D eigenvalue weighted by atomic mass is 32.2. The molecule has 0 aliphatic heterocycles. The standard InChI is InChI=1S/C20H27N3O6S/c1-8-23-20(29-11-16(24)22(4)5)15(10-21-23)17(25)14-9-12(2)19(30(7,26)27)13(3)18(14)28-6/h9-10H,8,11H2,1-7H3. The number of rotatable bonds is 8. The Morgan fingerprint density at radius 3 is 2.33 bits per heavy atom. The van der Waals surface area contributed by atoms with E-state index in [0.29, 0.717) is 17.7 Å². The van der Waals surface area contributed by atoms with Crippen molar-refractivity contribution in [2.45, 2.75) is 32.2 Å². The molecule has 164 valence electrons. The van der Waals surface area contributed by atoms with E-state index in [1.165, 1.54) is 29.0 Å². The number of hydrogen-bond donors (Lipinski definition) is 0. The van der Waals surface area contributed by atoms with Gasteiger partial charge in [0.25, 0.3) is 5.91 Å². The molecule has 0 N–H and O–H groups in total. The second-order valence-corrected chi connectivity index (χ2v) is 9.04. The van der Waals surface area contributed by atoms with Crippen LogP contribution in [-0.2, 0) is 21.2 Å². The van der Waals surface area contributed by atoms with Crippen LogP contribution in [0.25, 0.3) is 0 Å². The summed E-state index contributed by atoms with van der Waals surface area (Å²) in [6.07, 6.45) is 2.48. The third-order valence-electron chi connectivity index (χ3n) is 4.63. The number of ether oxygens (including phenoxy) is 2. The first-order chi connectivity index (χ1) is 13.9. The quantitative estimate of drug-likeness (QED) is 0.578. The molecule has 9 nitrogen and oxygen atoms in total. The molecule has 1 aromatic carbocycles. The van der Waals surface area contributed by atoms with E-state index in [9.17, 15) is 18.0 Å². The van der Waals surface area contributed by atoms with Gasteiger partial charge in [-0.15, -0.1) is 0 Å². The van der Waals surface area contributed by atoms with Crippen LogP contribution < -0.4 is 9.47 Å². The molecule has 10 heteroatoms. The van der Waals surface area contributed by atoms with Gasteiger partial charge >= 0.3 is 0 Å². The van der Waals surface area contributed by atoms with Gasteiger partial charge in [0.1, 0.15) is 11.3 Å². The summed E-state index contributed by atoms with van der Waals surface area (Å²) in [6, 6.07) is 1.49. The molecule has 2 rings (SSSR count). The summed E-state index contributed by atoms with van der Waals surface area (Å²) < 4.78 is 36.9. The molecule has 30 heavy (non-hydrogen) atoms. The molecule has 0 spiro atoms. The second kappa shape index (κ2) is 8.86. The lowest BCUT2D eigenvalue weighted by atomic mass is 9.99. The largest absolute Gasteiger partial charge is 0.496 e. The fraction of sp³-hybridized carbons (Fsp3) is 0.450. The van der Waals surface area contributed by atoms with Crippen LogP contribution in [0.1, 0.15) is 34.0 Å². The molecule has 0 radical (unpaired) electrons. The molecule has 0 unspecified atom stereocenters. The second-order valence-electron chi connectivity index (χ2n) is 7.09. The number of aromatic nitrogens is 2. The Balaban J connectivity index is 2.59. The van der Waals surface area contributed by atoms with Crippen LogP contribution in [0.3, 0.4) is 0 Å². The number of carbonyl (C=O) groups is 2. The SMILES string of the molecule is CCn1ncc(C(=O)c2cc(C)c(S(C)(=O)=O)c(C)c2OC)c1OCC(=O)N(C)C. The number of nitrogens with zero attached hydrogens (tertiary/aromatic N) is 3. The smallest absolute Gasteiger partial charge is 0.260 e. The van der Waals surface area contributed by atoms with E-state index in [1.54, 1.807) is 27.9 Å². The van der Waals surface area contributed by atoms with E-state index in [4.69, 9.17) is 9.47 Å². The van der Waals surface area contributed by atoms with E-state index >= 15 is 0 Å². The van der Waals surface area contributed by atoms with E-state index in [2.05, 4.69) is 5.10 Å². The number of ketones is 1. The molecule has 1 aromatic heterocycles. The van der Waals surface area contributed by atoms with Crippen LogP contribution >= 0.6 is 0 Å². The van der Waals surface area contributed by atoms with Gasteiger partial charge in [0, 0.05) is 32.5 Å². The van der Waals surface area contributed by atoms with Gasteiger partial charge in [0.05, 0.1) is 23.8 Å². The van der Waals surface area contributed by atoms with Gasteiger partial charge in [-0.25, -0.2) is 13.1 Å². The highest BCUT2D eigenvalue weighted by molar-refractivity contribution is 7.90. The predicted molar refractivity (Wildman–Crippen MR) is 111 cm³/mol. The van der Waals surface area contributed by atoms with Crippen molar-refractivity contribution in [1.82, 2.24) is 14.7 Å². The van der Waals surface area contributed by atoms with Crippen LogP contribution in [0, 0.1) is 13.8 Å². The van der Waals surface area contributed by atoms with E-state index in [1.807, 2.05) is 6.92 Å². The van der Waals surface area contributed by atoms with Crippen molar-refractivity contribution in [3.8, 4) is 11.6 Å². The summed E-state index contributed by atoms with van der Waals surface area (Å²) in [5, 5.41) is 4.17. The minimum absolute atomic E-state index is 0.133. The number of amides is 1. The number of methoxy groups -OCH3 is 1. The first-order valence-corrected chi connectivity index (χ1v) is 11.1. The third kappa shape index (κ3) is 4.48. The summed E-state index contributed by atoms with van der Waals surface area (Å²) >= 11 is 0. The third-order valence-corrected chi connectivity index (χ3v) is 6.00. The summed E-state index contributed by atoms with van der Waals surface area (Å²) in [5.41, 5.74) is 1.15. The lowest BCUT2D eigenvalue weighted by Gasteiger charge is -2.17. The maximum absolute atomic E-state index is 13.4. The predicted octanol–water partition coefficient (Wildman–Crippen LogP) is 1.63. The number of carbonyl (C=O) groups excluding carboxylic acids is 2. The van der Waals surface area contributed by atoms with Gasteiger partial charge in [-0.2, -0.15) is 5.10 Å². The number of likely N-dealkylation sites (N-methyl/N-ethyl adjacent to an activating group) is 1. The average molecular weight is 438 g/mol. The van der Waals surface area contributed by atoms with Crippen molar-refractivity contribution in [2.75, 3.05) is 34.1 Å². The summed E-state index contributed by atoms with van der Waals surface area (Å²) in [6.45, 7) is 5.24. The number of sulfone groups is 1. The molecule has 0 aliphatic rings. The van der Waals surface area contributed by atoms with Gasteiger partial charge in [-0.05, 0) is 32.4 Å². The Bertz CT molecular complexity index is 1090. The zero-order chi connectivity index (χ0) is 22.8. The summed E-state index contributed by atoms with van der Waals surface area (Å²) in [7, 11) is 1.08. The van der Waals surface area contributed by atoms with Crippen LogP contribution in [0.15, 0.2) is 17.2 Å². The monoisotopic (exact) mass is 437 g/mol. The maximum Gasteiger partial charge on any atom is 0.260 e. The van der Waals surface area contributed by atoms with Crippen LogP contribution in [0.2, 0.25) is 0 Å². The highest BCUT2D eigenvalue weighted by Gasteiger charge is 2.28. The first kappa shape index (κ1) is 23.4. The van der Waals surface area contributed by atoms with Crippen LogP contribution in [0.4, 0.5) is 0 Å². The Labute approximate surface area is 176 Å². The molecule has 0 fully saturated rings. The molecular formula is C20H27N3O6S. The van der Waals surface area contributed by atoms with Gasteiger partial charge < -0.3 is 14.4 Å². The number of hydrogen-bond acceptors (Lipinski definition) is 7. The minimum atomic E-state index is -3.51. The molecule has 0 atom stereocenters. The molecule has 1 heterocycles. The first-order valence-electron chi connectivity index (χ1n) is 9.25. The molecule has 0 aliphatic carbocycles. The maximum atomic E-state index is 13.4. The molecule has 0 saturated heterocycles. The van der Waals surface area contributed by atoms with Gasteiger partial charge in [-0.1, -0.05) is 0 Å². The fourth-order valence-electron chi connectivity index (χ4n) is 3.26. The van der Waals surface area contributed by atoms with Crippen molar-refractivity contribution < 1.29 is 27.5 Å². The van der Waals surface area contributed by atoms with Crippen LogP contribution in [0.5, 0.6) is 11.6 Å². The van der Waals surface area contributed by atoms with Crippen molar-refractivity contribution >= 4 is 21.5 Å². The van der Waals surface area contributed by atoms with E-state index in [0.717, 1.165) is 6.26 Å². The fourth-order valence-corrected chi connectivity index (χ4v) is 4.56. The average Bonchev–Trinajstić information content (AvgIpc) is 3.06. The molecule has 1 amide bonds. The zero-order valence-corrected chi connectivity index (χ0v) is 19.1. The van der Waals surface area contributed by atoms with Crippen molar-refractivity contribution in [1.29, 1.82) is 0 Å². The van der Waals surface area contributed by atoms with Gasteiger partial charge in [0.2, 0.25) is 11.7 Å². The van der Waals surface area contributed by atoms with Gasteiger partial charge in [-0.3, -0.25) is 9.59 Å². The summed E-state index contributed by atoms with van der Waals surface area (Å²) in [5.74, 6) is -0.364. The Hall–Kier alpha value is -2.88. The van der Waals surface area contributed by atoms with Crippen molar-refractivity contribution in [2.24, 2.45) is 0 Å². The minimum Gasteiger partial charge on any atom is -0.496 e. The molecular weight excluding hydrogens is 410 g/mol. The Kier molecular flexibility index (Phi) is 6.91. The normalized spacial score (nSPS) is 11.3. The zero-order valence-electron chi connectivity index (χ0n) is 18.3. The summed E-state index contributed by atoms with van der Waals surface area (Å²) in [4.78, 5) is 26.8. The molecule has 0 bridgehead atoms. The molecule has 0 saturated carbocycles. The topological polar surface area (TPSA) is 108 Å². The number of benzene rings is 1.